The van der Waals surface area contributed by atoms with Crippen molar-refractivity contribution in [1.82, 2.24) is 5.32 Å². The third-order valence-corrected chi connectivity index (χ3v) is 2.92. The topological polar surface area (TPSA) is 84.2 Å². The second kappa shape index (κ2) is 8.15. The van der Waals surface area contributed by atoms with Crippen LogP contribution >= 0.6 is 12.4 Å². The minimum absolute atomic E-state index is 0. The summed E-state index contributed by atoms with van der Waals surface area (Å²) < 4.78 is 0. The van der Waals surface area contributed by atoms with Gasteiger partial charge in [-0.3, -0.25) is 9.59 Å². The molecule has 1 aromatic rings. The molecule has 0 heterocycles. The second-order valence-corrected chi connectivity index (χ2v) is 6.54. The van der Waals surface area contributed by atoms with Gasteiger partial charge in [0, 0.05) is 16.8 Å². The minimum Gasteiger partial charge on any atom is -0.347 e. The maximum atomic E-state index is 12.0. The zero-order valence-corrected chi connectivity index (χ0v) is 14.6. The first kappa shape index (κ1) is 20.4. The minimum atomic E-state index is -0.547. The Labute approximate surface area is 138 Å². The standard InChI is InChI=1S/C16H25N3O2.ClH/c1-10(2)13(17)15(21)18-12-8-6-11(7-9-12)14(20)19-16(3,4)5;/h6-10,13H,17H2,1-5H3,(H,18,21)(H,19,20);1H. The van der Waals surface area contributed by atoms with Crippen molar-refractivity contribution < 1.29 is 9.59 Å². The lowest BCUT2D eigenvalue weighted by Crippen LogP contribution is -2.40. The monoisotopic (exact) mass is 327 g/mol. The van der Waals surface area contributed by atoms with Gasteiger partial charge in [0.15, 0.2) is 0 Å². The van der Waals surface area contributed by atoms with Gasteiger partial charge in [0.2, 0.25) is 5.91 Å². The predicted octanol–water partition coefficient (Wildman–Crippen LogP) is 2.56. The number of anilines is 1. The van der Waals surface area contributed by atoms with Crippen molar-refractivity contribution in [3.8, 4) is 0 Å². The Morgan fingerprint density at radius 3 is 2.00 bits per heavy atom. The van der Waals surface area contributed by atoms with E-state index >= 15 is 0 Å². The molecule has 6 heteroatoms. The number of amides is 2. The normalized spacial score (nSPS) is 12.3. The number of nitrogens with one attached hydrogen (secondary N) is 2. The summed E-state index contributed by atoms with van der Waals surface area (Å²) >= 11 is 0. The van der Waals surface area contributed by atoms with Crippen LogP contribution in [0.5, 0.6) is 0 Å². The molecule has 124 valence electrons. The first-order valence-electron chi connectivity index (χ1n) is 7.09. The Morgan fingerprint density at radius 1 is 1.09 bits per heavy atom. The SMILES string of the molecule is CC(C)C(N)C(=O)Nc1ccc(C(=O)NC(C)(C)C)cc1.Cl. The number of hydrogen-bond acceptors (Lipinski definition) is 3. The lowest BCUT2D eigenvalue weighted by Gasteiger charge is -2.20. The summed E-state index contributed by atoms with van der Waals surface area (Å²) in [4.78, 5) is 23.8. The van der Waals surface area contributed by atoms with Crippen LogP contribution in [0.15, 0.2) is 24.3 Å². The maximum absolute atomic E-state index is 12.0. The molecule has 1 atom stereocenters. The molecule has 1 unspecified atom stereocenters. The summed E-state index contributed by atoms with van der Waals surface area (Å²) in [7, 11) is 0. The summed E-state index contributed by atoms with van der Waals surface area (Å²) in [5, 5.41) is 5.62. The number of carbonyl (C=O) groups is 2. The Bertz CT molecular complexity index is 507. The van der Waals surface area contributed by atoms with Crippen LogP contribution in [0.1, 0.15) is 45.0 Å². The Kier molecular flexibility index (Phi) is 7.56. The molecule has 0 aliphatic rings. The lowest BCUT2D eigenvalue weighted by molar-refractivity contribution is -0.118. The molecular weight excluding hydrogens is 302 g/mol. The number of nitrogens with two attached hydrogens (primary N) is 1. The summed E-state index contributed by atoms with van der Waals surface area (Å²) in [5.41, 5.74) is 6.68. The van der Waals surface area contributed by atoms with Crippen molar-refractivity contribution in [1.29, 1.82) is 0 Å². The number of rotatable bonds is 4. The molecule has 0 saturated carbocycles. The van der Waals surface area contributed by atoms with Crippen LogP contribution in [0.3, 0.4) is 0 Å². The molecule has 22 heavy (non-hydrogen) atoms. The van der Waals surface area contributed by atoms with Crippen LogP contribution < -0.4 is 16.4 Å². The van der Waals surface area contributed by atoms with Gasteiger partial charge in [-0.2, -0.15) is 0 Å². The molecule has 0 aliphatic heterocycles. The van der Waals surface area contributed by atoms with E-state index in [-0.39, 0.29) is 35.7 Å². The van der Waals surface area contributed by atoms with Crippen LogP contribution in [0, 0.1) is 5.92 Å². The maximum Gasteiger partial charge on any atom is 0.251 e. The van der Waals surface area contributed by atoms with Crippen molar-refractivity contribution in [2.24, 2.45) is 11.7 Å². The zero-order valence-electron chi connectivity index (χ0n) is 13.8. The van der Waals surface area contributed by atoms with Gasteiger partial charge >= 0.3 is 0 Å². The molecule has 5 nitrogen and oxygen atoms in total. The number of benzene rings is 1. The molecule has 0 aliphatic carbocycles. The summed E-state index contributed by atoms with van der Waals surface area (Å²) in [6.07, 6.45) is 0. The number of hydrogen-bond donors (Lipinski definition) is 3. The molecule has 4 N–H and O–H groups in total. The molecule has 0 aromatic heterocycles. The van der Waals surface area contributed by atoms with Gasteiger partial charge in [-0.15, -0.1) is 12.4 Å². The number of halogens is 1. The van der Waals surface area contributed by atoms with Crippen LogP contribution in [0.25, 0.3) is 0 Å². The van der Waals surface area contributed by atoms with E-state index in [9.17, 15) is 9.59 Å². The highest BCUT2D eigenvalue weighted by Gasteiger charge is 2.18. The van der Waals surface area contributed by atoms with E-state index in [4.69, 9.17) is 5.73 Å². The number of carbonyl (C=O) groups excluding carboxylic acids is 2. The smallest absolute Gasteiger partial charge is 0.251 e. The third kappa shape index (κ3) is 6.45. The molecular formula is C16H26ClN3O2. The van der Waals surface area contributed by atoms with E-state index in [0.29, 0.717) is 11.3 Å². The van der Waals surface area contributed by atoms with Crippen molar-refractivity contribution in [2.45, 2.75) is 46.2 Å². The van der Waals surface area contributed by atoms with Crippen molar-refractivity contribution in [2.75, 3.05) is 5.32 Å². The fourth-order valence-electron chi connectivity index (χ4n) is 1.65. The van der Waals surface area contributed by atoms with Crippen LogP contribution in [-0.4, -0.2) is 23.4 Å². The average molecular weight is 328 g/mol. The van der Waals surface area contributed by atoms with Gasteiger partial charge in [0.25, 0.3) is 5.91 Å². The highest BCUT2D eigenvalue weighted by atomic mass is 35.5. The van der Waals surface area contributed by atoms with Gasteiger partial charge in [-0.25, -0.2) is 0 Å². The molecule has 0 bridgehead atoms. The predicted molar refractivity (Wildman–Crippen MR) is 92.4 cm³/mol. The first-order chi connectivity index (χ1) is 9.60. The van der Waals surface area contributed by atoms with Gasteiger partial charge in [-0.1, -0.05) is 13.8 Å². The van der Waals surface area contributed by atoms with Crippen LogP contribution in [-0.2, 0) is 4.79 Å². The first-order valence-corrected chi connectivity index (χ1v) is 7.09. The Hall–Kier alpha value is -1.59. The highest BCUT2D eigenvalue weighted by molar-refractivity contribution is 5.97. The van der Waals surface area contributed by atoms with E-state index < -0.39 is 6.04 Å². The quantitative estimate of drug-likeness (QED) is 0.794. The summed E-state index contributed by atoms with van der Waals surface area (Å²) in [5.74, 6) is -0.294. The Morgan fingerprint density at radius 2 is 1.59 bits per heavy atom. The molecule has 0 radical (unpaired) electrons. The third-order valence-electron chi connectivity index (χ3n) is 2.92. The molecule has 2 amide bonds. The van der Waals surface area contributed by atoms with Gasteiger partial charge in [0.1, 0.15) is 0 Å². The van der Waals surface area contributed by atoms with E-state index in [0.717, 1.165) is 0 Å². The van der Waals surface area contributed by atoms with Gasteiger partial charge < -0.3 is 16.4 Å². The lowest BCUT2D eigenvalue weighted by atomic mass is 10.0. The van der Waals surface area contributed by atoms with E-state index in [2.05, 4.69) is 10.6 Å². The fourth-order valence-corrected chi connectivity index (χ4v) is 1.65. The van der Waals surface area contributed by atoms with E-state index in [1.165, 1.54) is 0 Å². The highest BCUT2D eigenvalue weighted by Crippen LogP contribution is 2.12. The largest absolute Gasteiger partial charge is 0.347 e. The van der Waals surface area contributed by atoms with Crippen molar-refractivity contribution in [3.63, 3.8) is 0 Å². The zero-order chi connectivity index (χ0) is 16.2. The average Bonchev–Trinajstić information content (AvgIpc) is 2.36. The molecule has 0 spiro atoms. The second-order valence-electron chi connectivity index (χ2n) is 6.54. The summed E-state index contributed by atoms with van der Waals surface area (Å²) in [6.45, 7) is 9.56. The molecule has 1 rings (SSSR count). The molecule has 1 aromatic carbocycles. The fraction of sp³-hybridized carbons (Fsp3) is 0.500. The van der Waals surface area contributed by atoms with Crippen molar-refractivity contribution >= 4 is 29.9 Å². The Balaban J connectivity index is 0.00000441. The van der Waals surface area contributed by atoms with Gasteiger partial charge in [-0.05, 0) is 51.0 Å². The van der Waals surface area contributed by atoms with Crippen LogP contribution in [0.2, 0.25) is 0 Å². The van der Waals surface area contributed by atoms with Gasteiger partial charge in [0.05, 0.1) is 6.04 Å². The van der Waals surface area contributed by atoms with E-state index in [1.54, 1.807) is 24.3 Å². The van der Waals surface area contributed by atoms with E-state index in [1.807, 2.05) is 34.6 Å². The molecule has 0 saturated heterocycles. The molecule has 0 fully saturated rings. The van der Waals surface area contributed by atoms with Crippen molar-refractivity contribution in [3.05, 3.63) is 29.8 Å². The van der Waals surface area contributed by atoms with Crippen LogP contribution in [0.4, 0.5) is 5.69 Å². The summed E-state index contributed by atoms with van der Waals surface area (Å²) in [6, 6.07) is 6.20.